The van der Waals surface area contributed by atoms with Gasteiger partial charge < -0.3 is 15.5 Å². The van der Waals surface area contributed by atoms with Crippen molar-refractivity contribution in [2.75, 3.05) is 5.32 Å². The number of carbonyl (C=O) groups is 1. The van der Waals surface area contributed by atoms with Gasteiger partial charge in [0, 0.05) is 5.39 Å². The van der Waals surface area contributed by atoms with Crippen LogP contribution in [0, 0.1) is 13.8 Å². The second kappa shape index (κ2) is 7.27. The third-order valence-corrected chi connectivity index (χ3v) is 4.69. The Morgan fingerprint density at radius 3 is 2.59 bits per heavy atom. The van der Waals surface area contributed by atoms with Gasteiger partial charge in [-0.15, -0.1) is 0 Å². The summed E-state index contributed by atoms with van der Waals surface area (Å²) in [7, 11) is 0. The number of aromatic hydroxyl groups is 1. The molecule has 4 rings (SSSR count). The van der Waals surface area contributed by atoms with Crippen molar-refractivity contribution in [2.45, 2.75) is 20.3 Å². The second-order valence-electron chi connectivity index (χ2n) is 6.90. The average Bonchev–Trinajstić information content (AvgIpc) is 3.02. The van der Waals surface area contributed by atoms with Crippen molar-refractivity contribution in [3.63, 3.8) is 0 Å². The fraction of sp³-hybridized carbons (Fsp3) is 0.136. The van der Waals surface area contributed by atoms with Crippen LogP contribution in [-0.2, 0) is 11.2 Å². The zero-order valence-corrected chi connectivity index (χ0v) is 16.0. The minimum absolute atomic E-state index is 0.0198. The molecule has 146 valence electrons. The molecule has 2 aromatic heterocycles. The zero-order valence-electron chi connectivity index (χ0n) is 16.0. The van der Waals surface area contributed by atoms with E-state index in [1.807, 2.05) is 50.2 Å². The lowest BCUT2D eigenvalue weighted by atomic mass is 10.1. The summed E-state index contributed by atoms with van der Waals surface area (Å²) in [6, 6.07) is 16.3. The molecular weight excluding hydrogens is 368 g/mol. The smallest absolute Gasteiger partial charge is 0.307 e. The highest BCUT2D eigenvalue weighted by Crippen LogP contribution is 2.30. The molecule has 0 saturated carbocycles. The summed E-state index contributed by atoms with van der Waals surface area (Å²) in [6.07, 6.45) is -0.125. The molecule has 0 bridgehead atoms. The van der Waals surface area contributed by atoms with Crippen LogP contribution in [-0.4, -0.2) is 30.9 Å². The van der Waals surface area contributed by atoms with Crippen molar-refractivity contribution in [3.05, 3.63) is 71.4 Å². The normalized spacial score (nSPS) is 11.0. The maximum atomic E-state index is 11.0. The molecule has 0 aliphatic rings. The van der Waals surface area contributed by atoms with E-state index in [-0.39, 0.29) is 12.2 Å². The molecule has 29 heavy (non-hydrogen) atoms. The number of phenols is 1. The monoisotopic (exact) mass is 388 g/mol. The predicted octanol–water partition coefficient (Wildman–Crippen LogP) is 4.11. The van der Waals surface area contributed by atoms with Gasteiger partial charge in [-0.1, -0.05) is 24.3 Å². The number of benzene rings is 2. The molecule has 4 aromatic rings. The Labute approximate surface area is 167 Å². The molecule has 0 atom stereocenters. The summed E-state index contributed by atoms with van der Waals surface area (Å²) in [5.74, 6) is -0.374. The number of fused-ring (bicyclic) bond motifs is 1. The molecule has 0 amide bonds. The number of anilines is 2. The molecule has 2 aromatic carbocycles. The summed E-state index contributed by atoms with van der Waals surface area (Å²) < 4.78 is 1.80. The van der Waals surface area contributed by atoms with Crippen molar-refractivity contribution < 1.29 is 15.0 Å². The van der Waals surface area contributed by atoms with Crippen molar-refractivity contribution in [1.29, 1.82) is 0 Å². The lowest BCUT2D eigenvalue weighted by Crippen LogP contribution is -2.02. The fourth-order valence-corrected chi connectivity index (χ4v) is 3.42. The number of nitrogens with zero attached hydrogens (tertiary/aromatic N) is 3. The van der Waals surface area contributed by atoms with Crippen LogP contribution in [0.25, 0.3) is 16.7 Å². The van der Waals surface area contributed by atoms with Gasteiger partial charge in [0.15, 0.2) is 5.65 Å². The maximum absolute atomic E-state index is 11.0. The summed E-state index contributed by atoms with van der Waals surface area (Å²) in [5, 5.41) is 27.9. The van der Waals surface area contributed by atoms with Crippen LogP contribution < -0.4 is 5.32 Å². The van der Waals surface area contributed by atoms with E-state index >= 15 is 0 Å². The number of hydrogen-bond acceptors (Lipinski definition) is 5. The number of rotatable bonds is 5. The van der Waals surface area contributed by atoms with Crippen molar-refractivity contribution >= 4 is 28.5 Å². The number of carboxylic acids is 1. The van der Waals surface area contributed by atoms with Crippen molar-refractivity contribution in [2.24, 2.45) is 0 Å². The van der Waals surface area contributed by atoms with E-state index in [1.165, 1.54) is 6.07 Å². The number of para-hydroxylation sites is 1. The van der Waals surface area contributed by atoms with Crippen molar-refractivity contribution in [1.82, 2.24) is 14.8 Å². The van der Waals surface area contributed by atoms with Crippen LogP contribution in [0.2, 0.25) is 0 Å². The quantitative estimate of drug-likeness (QED) is 0.445. The SMILES string of the molecule is Cc1cc(Nc2cc(CC(=O)O)ccc2O)nc2c1c(C)nn2-c1ccccc1. The number of phenolic OH excluding ortho intramolecular Hbond substituents is 1. The first-order valence-corrected chi connectivity index (χ1v) is 9.15. The third-order valence-electron chi connectivity index (χ3n) is 4.69. The van der Waals surface area contributed by atoms with Crippen molar-refractivity contribution in [3.8, 4) is 11.4 Å². The Bertz CT molecular complexity index is 1220. The Hall–Kier alpha value is -3.87. The fourth-order valence-electron chi connectivity index (χ4n) is 3.42. The lowest BCUT2D eigenvalue weighted by molar-refractivity contribution is -0.136. The van der Waals surface area contributed by atoms with E-state index in [4.69, 9.17) is 10.1 Å². The molecule has 0 saturated heterocycles. The van der Waals surface area contributed by atoms with E-state index in [2.05, 4.69) is 10.4 Å². The summed E-state index contributed by atoms with van der Waals surface area (Å²) in [6.45, 7) is 3.94. The van der Waals surface area contributed by atoms with E-state index < -0.39 is 5.97 Å². The number of aromatic nitrogens is 3. The Morgan fingerprint density at radius 2 is 1.86 bits per heavy atom. The molecule has 0 fully saturated rings. The highest BCUT2D eigenvalue weighted by atomic mass is 16.4. The summed E-state index contributed by atoms with van der Waals surface area (Å²) in [4.78, 5) is 15.7. The molecule has 7 heteroatoms. The Morgan fingerprint density at radius 1 is 1.10 bits per heavy atom. The van der Waals surface area contributed by atoms with Gasteiger partial charge in [-0.2, -0.15) is 5.10 Å². The van der Waals surface area contributed by atoms with Gasteiger partial charge in [-0.25, -0.2) is 9.67 Å². The van der Waals surface area contributed by atoms with Crippen LogP contribution in [0.1, 0.15) is 16.8 Å². The van der Waals surface area contributed by atoms with Gasteiger partial charge in [0.2, 0.25) is 0 Å². The first-order chi connectivity index (χ1) is 13.9. The lowest BCUT2D eigenvalue weighted by Gasteiger charge is -2.11. The number of nitrogens with one attached hydrogen (secondary N) is 1. The van der Waals surface area contributed by atoms with Gasteiger partial charge >= 0.3 is 5.97 Å². The molecule has 0 unspecified atom stereocenters. The number of aliphatic carboxylic acids is 1. The Balaban J connectivity index is 1.79. The van der Waals surface area contributed by atoms with Gasteiger partial charge in [-0.3, -0.25) is 4.79 Å². The van der Waals surface area contributed by atoms with E-state index in [0.717, 1.165) is 22.3 Å². The average molecular weight is 388 g/mol. The number of hydrogen-bond donors (Lipinski definition) is 3. The first kappa shape index (κ1) is 18.5. The minimum atomic E-state index is -0.931. The third kappa shape index (κ3) is 3.62. The standard InChI is InChI=1S/C22H20N4O3/c1-13-10-19(23-17-11-15(12-20(28)29)8-9-18(17)27)24-22-21(13)14(2)25-26(22)16-6-4-3-5-7-16/h3-11,27H,12H2,1-2H3,(H,23,24)(H,28,29). The topological polar surface area (TPSA) is 100 Å². The largest absolute Gasteiger partial charge is 0.506 e. The molecule has 0 aliphatic carbocycles. The molecule has 2 heterocycles. The summed E-state index contributed by atoms with van der Waals surface area (Å²) in [5.41, 5.74) is 4.47. The van der Waals surface area contributed by atoms with Crippen LogP contribution in [0.4, 0.5) is 11.5 Å². The molecule has 0 aliphatic heterocycles. The predicted molar refractivity (Wildman–Crippen MR) is 111 cm³/mol. The molecule has 3 N–H and O–H groups in total. The molecule has 0 radical (unpaired) electrons. The van der Waals surface area contributed by atoms with E-state index in [9.17, 15) is 9.90 Å². The maximum Gasteiger partial charge on any atom is 0.307 e. The van der Waals surface area contributed by atoms with Crippen LogP contribution in [0.3, 0.4) is 0 Å². The van der Waals surface area contributed by atoms with Gasteiger partial charge in [0.25, 0.3) is 0 Å². The summed E-state index contributed by atoms with van der Waals surface area (Å²) >= 11 is 0. The van der Waals surface area contributed by atoms with E-state index in [1.54, 1.807) is 16.8 Å². The molecular formula is C22H20N4O3. The van der Waals surface area contributed by atoms with Crippen LogP contribution >= 0.6 is 0 Å². The molecule has 7 nitrogen and oxygen atoms in total. The zero-order chi connectivity index (χ0) is 20.5. The highest BCUT2D eigenvalue weighted by Gasteiger charge is 2.15. The van der Waals surface area contributed by atoms with Crippen LogP contribution in [0.15, 0.2) is 54.6 Å². The number of aryl methyl sites for hydroxylation is 2. The van der Waals surface area contributed by atoms with Crippen LogP contribution in [0.5, 0.6) is 5.75 Å². The Kier molecular flexibility index (Phi) is 4.64. The minimum Gasteiger partial charge on any atom is -0.506 e. The highest BCUT2D eigenvalue weighted by molar-refractivity contribution is 5.86. The van der Waals surface area contributed by atoms with Gasteiger partial charge in [-0.05, 0) is 55.3 Å². The second-order valence-corrected chi connectivity index (χ2v) is 6.90. The van der Waals surface area contributed by atoms with Gasteiger partial charge in [0.1, 0.15) is 11.6 Å². The molecule has 0 spiro atoms. The van der Waals surface area contributed by atoms with Gasteiger partial charge in [0.05, 0.1) is 23.5 Å². The van der Waals surface area contributed by atoms with E-state index in [0.29, 0.717) is 22.7 Å². The first-order valence-electron chi connectivity index (χ1n) is 9.15. The number of pyridine rings is 1. The number of carboxylic acid groups (broad SMARTS) is 1.